The molecule has 1 fully saturated rings. The Morgan fingerprint density at radius 3 is 2.76 bits per heavy atom. The van der Waals surface area contributed by atoms with E-state index in [1.807, 2.05) is 0 Å². The predicted octanol–water partition coefficient (Wildman–Crippen LogP) is 2.59. The number of carbonyl (C=O) groups excluding carboxylic acids is 1. The summed E-state index contributed by atoms with van der Waals surface area (Å²) < 4.78 is 0. The van der Waals surface area contributed by atoms with E-state index in [9.17, 15) is 4.79 Å². The van der Waals surface area contributed by atoms with Crippen LogP contribution in [0, 0.1) is 5.92 Å². The molecule has 100 valence electrons. The van der Waals surface area contributed by atoms with Gasteiger partial charge in [-0.1, -0.05) is 40.0 Å². The van der Waals surface area contributed by atoms with Crippen LogP contribution >= 0.6 is 0 Å². The molecule has 0 radical (unpaired) electrons. The molecule has 0 saturated heterocycles. The molecule has 0 aliphatic heterocycles. The van der Waals surface area contributed by atoms with Crippen molar-refractivity contribution in [1.29, 1.82) is 0 Å². The van der Waals surface area contributed by atoms with Gasteiger partial charge >= 0.3 is 0 Å². The second-order valence-corrected chi connectivity index (χ2v) is 5.72. The number of amides is 1. The first kappa shape index (κ1) is 14.5. The molecular formula is C14H28N2O. The van der Waals surface area contributed by atoms with Gasteiger partial charge in [-0.3, -0.25) is 4.79 Å². The Balaban J connectivity index is 2.55. The molecule has 3 atom stereocenters. The van der Waals surface area contributed by atoms with Crippen molar-refractivity contribution in [2.75, 3.05) is 0 Å². The maximum atomic E-state index is 12.3. The van der Waals surface area contributed by atoms with Crippen molar-refractivity contribution in [2.24, 2.45) is 11.7 Å². The molecule has 1 aliphatic rings. The molecule has 1 saturated carbocycles. The van der Waals surface area contributed by atoms with Crippen LogP contribution in [0.4, 0.5) is 0 Å². The summed E-state index contributed by atoms with van der Waals surface area (Å²) in [6.07, 6.45) is 7.10. The molecule has 0 bridgehead atoms. The van der Waals surface area contributed by atoms with Crippen LogP contribution in [0.2, 0.25) is 0 Å². The Morgan fingerprint density at radius 2 is 2.24 bits per heavy atom. The van der Waals surface area contributed by atoms with Crippen molar-refractivity contribution >= 4 is 5.91 Å². The lowest BCUT2D eigenvalue weighted by Crippen LogP contribution is -2.58. The average Bonchev–Trinajstić information content (AvgIpc) is 2.28. The standard InChI is InChI=1S/C14H28N2O/c1-4-7-12(5-2)16-13(17)14(15)9-6-8-11(3)10-14/h11-12H,4-10,15H2,1-3H3,(H,16,17). The molecule has 0 spiro atoms. The normalized spacial score (nSPS) is 30.9. The fourth-order valence-corrected chi connectivity index (χ4v) is 2.85. The first-order valence-electron chi connectivity index (χ1n) is 7.11. The Bertz CT molecular complexity index is 255. The van der Waals surface area contributed by atoms with Gasteiger partial charge in [0, 0.05) is 6.04 Å². The van der Waals surface area contributed by atoms with Crippen LogP contribution in [0.3, 0.4) is 0 Å². The molecule has 0 aromatic carbocycles. The first-order valence-corrected chi connectivity index (χ1v) is 7.11. The minimum atomic E-state index is -0.612. The van der Waals surface area contributed by atoms with Gasteiger partial charge in [-0.05, 0) is 31.6 Å². The van der Waals surface area contributed by atoms with Crippen LogP contribution < -0.4 is 11.1 Å². The van der Waals surface area contributed by atoms with Gasteiger partial charge in [0.05, 0.1) is 5.54 Å². The highest BCUT2D eigenvalue weighted by Gasteiger charge is 2.38. The fraction of sp³-hybridized carbons (Fsp3) is 0.929. The van der Waals surface area contributed by atoms with E-state index in [2.05, 4.69) is 26.1 Å². The van der Waals surface area contributed by atoms with Gasteiger partial charge in [0.2, 0.25) is 5.91 Å². The van der Waals surface area contributed by atoms with Crippen molar-refractivity contribution in [3.63, 3.8) is 0 Å². The number of nitrogens with two attached hydrogens (primary N) is 1. The molecule has 3 N–H and O–H groups in total. The number of rotatable bonds is 5. The maximum Gasteiger partial charge on any atom is 0.240 e. The van der Waals surface area contributed by atoms with Crippen LogP contribution in [0.15, 0.2) is 0 Å². The third kappa shape index (κ3) is 3.98. The lowest BCUT2D eigenvalue weighted by atomic mass is 9.76. The van der Waals surface area contributed by atoms with Crippen molar-refractivity contribution in [2.45, 2.75) is 77.3 Å². The summed E-state index contributed by atoms with van der Waals surface area (Å²) >= 11 is 0. The second-order valence-electron chi connectivity index (χ2n) is 5.72. The molecule has 3 nitrogen and oxygen atoms in total. The predicted molar refractivity (Wildman–Crippen MR) is 71.7 cm³/mol. The topological polar surface area (TPSA) is 55.1 Å². The highest BCUT2D eigenvalue weighted by Crippen LogP contribution is 2.30. The summed E-state index contributed by atoms with van der Waals surface area (Å²) in [5.74, 6) is 0.648. The largest absolute Gasteiger partial charge is 0.352 e. The molecule has 0 aromatic heterocycles. The molecule has 17 heavy (non-hydrogen) atoms. The third-order valence-electron chi connectivity index (χ3n) is 3.95. The van der Waals surface area contributed by atoms with Crippen molar-refractivity contribution in [1.82, 2.24) is 5.32 Å². The van der Waals surface area contributed by atoms with Gasteiger partial charge < -0.3 is 11.1 Å². The Labute approximate surface area is 106 Å². The van der Waals surface area contributed by atoms with Crippen LogP contribution in [0.25, 0.3) is 0 Å². The first-order chi connectivity index (χ1) is 8.01. The summed E-state index contributed by atoms with van der Waals surface area (Å²) in [6.45, 7) is 6.46. The van der Waals surface area contributed by atoms with Gasteiger partial charge in [0.15, 0.2) is 0 Å². The summed E-state index contributed by atoms with van der Waals surface area (Å²) in [7, 11) is 0. The van der Waals surface area contributed by atoms with Crippen LogP contribution in [0.5, 0.6) is 0 Å². The van der Waals surface area contributed by atoms with Gasteiger partial charge in [0.1, 0.15) is 0 Å². The number of hydrogen-bond acceptors (Lipinski definition) is 2. The van der Waals surface area contributed by atoms with Gasteiger partial charge in [-0.15, -0.1) is 0 Å². The zero-order chi connectivity index (χ0) is 12.9. The number of carbonyl (C=O) groups is 1. The summed E-state index contributed by atoms with van der Waals surface area (Å²) in [5.41, 5.74) is 5.67. The summed E-state index contributed by atoms with van der Waals surface area (Å²) in [6, 6.07) is 0.296. The molecule has 0 heterocycles. The summed E-state index contributed by atoms with van der Waals surface area (Å²) in [5, 5.41) is 3.13. The lowest BCUT2D eigenvalue weighted by Gasteiger charge is -2.36. The molecule has 1 amide bonds. The van der Waals surface area contributed by atoms with Crippen LogP contribution in [-0.4, -0.2) is 17.5 Å². The quantitative estimate of drug-likeness (QED) is 0.776. The van der Waals surface area contributed by atoms with E-state index < -0.39 is 5.54 Å². The minimum absolute atomic E-state index is 0.0735. The van der Waals surface area contributed by atoms with E-state index in [0.717, 1.165) is 38.5 Å². The zero-order valence-corrected chi connectivity index (χ0v) is 11.6. The Hall–Kier alpha value is -0.570. The lowest BCUT2D eigenvalue weighted by molar-refractivity contribution is -0.128. The maximum absolute atomic E-state index is 12.3. The van der Waals surface area contributed by atoms with E-state index >= 15 is 0 Å². The van der Waals surface area contributed by atoms with Gasteiger partial charge in [0.25, 0.3) is 0 Å². The third-order valence-corrected chi connectivity index (χ3v) is 3.95. The average molecular weight is 240 g/mol. The van der Waals surface area contributed by atoms with Crippen LogP contribution in [-0.2, 0) is 4.79 Å². The van der Waals surface area contributed by atoms with Crippen molar-refractivity contribution < 1.29 is 4.79 Å². The highest BCUT2D eigenvalue weighted by atomic mass is 16.2. The SMILES string of the molecule is CCCC(CC)NC(=O)C1(N)CCCC(C)C1. The van der Waals surface area contributed by atoms with E-state index in [4.69, 9.17) is 5.73 Å². The van der Waals surface area contributed by atoms with E-state index in [1.165, 1.54) is 6.42 Å². The van der Waals surface area contributed by atoms with Crippen molar-refractivity contribution in [3.8, 4) is 0 Å². The van der Waals surface area contributed by atoms with E-state index in [0.29, 0.717) is 12.0 Å². The van der Waals surface area contributed by atoms with Crippen LogP contribution in [0.1, 0.15) is 65.7 Å². The zero-order valence-electron chi connectivity index (χ0n) is 11.6. The smallest absolute Gasteiger partial charge is 0.240 e. The summed E-state index contributed by atoms with van der Waals surface area (Å²) in [4.78, 5) is 12.3. The van der Waals surface area contributed by atoms with Crippen molar-refractivity contribution in [3.05, 3.63) is 0 Å². The number of hydrogen-bond donors (Lipinski definition) is 2. The molecule has 1 rings (SSSR count). The van der Waals surface area contributed by atoms with Gasteiger partial charge in [-0.25, -0.2) is 0 Å². The number of nitrogens with one attached hydrogen (secondary N) is 1. The minimum Gasteiger partial charge on any atom is -0.352 e. The highest BCUT2D eigenvalue weighted by molar-refractivity contribution is 5.86. The Kier molecular flexibility index (Phi) is 5.44. The molecule has 1 aliphatic carbocycles. The van der Waals surface area contributed by atoms with E-state index in [-0.39, 0.29) is 5.91 Å². The molecule has 0 aromatic rings. The molecule has 3 unspecified atom stereocenters. The fourth-order valence-electron chi connectivity index (χ4n) is 2.85. The van der Waals surface area contributed by atoms with E-state index in [1.54, 1.807) is 0 Å². The molecule has 3 heteroatoms. The monoisotopic (exact) mass is 240 g/mol. The Morgan fingerprint density at radius 1 is 1.53 bits per heavy atom. The second kappa shape index (κ2) is 6.39. The van der Waals surface area contributed by atoms with Gasteiger partial charge in [-0.2, -0.15) is 0 Å². The molecular weight excluding hydrogens is 212 g/mol.